The maximum atomic E-state index is 6.36. The normalized spacial score (nSPS) is 17.8. The molecule has 0 atom stereocenters. The van der Waals surface area contributed by atoms with Gasteiger partial charge < -0.3 is 15.0 Å². The SMILES string of the molecule is COc1ccc(Cl)c2c3c([nH]c12)C(C)(C)NCC3. The Morgan fingerprint density at radius 1 is 1.33 bits per heavy atom. The third kappa shape index (κ3) is 1.54. The summed E-state index contributed by atoms with van der Waals surface area (Å²) >= 11 is 6.36. The zero-order valence-electron chi connectivity index (χ0n) is 10.9. The maximum Gasteiger partial charge on any atom is 0.143 e. The van der Waals surface area contributed by atoms with Crippen molar-refractivity contribution in [2.24, 2.45) is 0 Å². The number of fused-ring (bicyclic) bond motifs is 3. The molecule has 0 radical (unpaired) electrons. The average Bonchev–Trinajstić information content (AvgIpc) is 2.71. The quantitative estimate of drug-likeness (QED) is 0.830. The number of halogens is 1. The number of hydrogen-bond donors (Lipinski definition) is 2. The molecule has 96 valence electrons. The van der Waals surface area contributed by atoms with Crippen LogP contribution in [-0.4, -0.2) is 18.6 Å². The highest BCUT2D eigenvalue weighted by Gasteiger charge is 2.31. The highest BCUT2D eigenvalue weighted by Crippen LogP contribution is 2.40. The Hall–Kier alpha value is -1.19. The van der Waals surface area contributed by atoms with Gasteiger partial charge >= 0.3 is 0 Å². The van der Waals surface area contributed by atoms with Crippen molar-refractivity contribution in [3.05, 3.63) is 28.4 Å². The van der Waals surface area contributed by atoms with Crippen LogP contribution in [0.4, 0.5) is 0 Å². The third-order valence-electron chi connectivity index (χ3n) is 3.76. The van der Waals surface area contributed by atoms with Crippen LogP contribution in [0.1, 0.15) is 25.1 Å². The number of benzene rings is 1. The van der Waals surface area contributed by atoms with E-state index < -0.39 is 0 Å². The van der Waals surface area contributed by atoms with E-state index in [4.69, 9.17) is 16.3 Å². The molecule has 3 rings (SSSR count). The average molecular weight is 265 g/mol. The number of ether oxygens (including phenoxy) is 1. The van der Waals surface area contributed by atoms with Gasteiger partial charge in [-0.1, -0.05) is 11.6 Å². The van der Waals surface area contributed by atoms with Gasteiger partial charge in [-0.15, -0.1) is 0 Å². The van der Waals surface area contributed by atoms with Gasteiger partial charge in [0.15, 0.2) is 0 Å². The first-order valence-corrected chi connectivity index (χ1v) is 6.55. The molecule has 2 aromatic rings. The summed E-state index contributed by atoms with van der Waals surface area (Å²) in [6.07, 6.45) is 0.992. The molecule has 3 nitrogen and oxygen atoms in total. The molecule has 4 heteroatoms. The van der Waals surface area contributed by atoms with Crippen LogP contribution in [0.5, 0.6) is 5.75 Å². The number of nitrogens with one attached hydrogen (secondary N) is 2. The van der Waals surface area contributed by atoms with E-state index in [0.717, 1.165) is 34.6 Å². The van der Waals surface area contributed by atoms with Gasteiger partial charge in [-0.05, 0) is 38.0 Å². The van der Waals surface area contributed by atoms with Crippen molar-refractivity contribution in [1.82, 2.24) is 10.3 Å². The molecule has 2 N–H and O–H groups in total. The predicted octanol–water partition coefficient (Wildman–Crippen LogP) is 3.21. The van der Waals surface area contributed by atoms with Crippen LogP contribution in [0.2, 0.25) is 5.02 Å². The van der Waals surface area contributed by atoms with Crippen molar-refractivity contribution in [3.63, 3.8) is 0 Å². The van der Waals surface area contributed by atoms with Crippen LogP contribution < -0.4 is 10.1 Å². The smallest absolute Gasteiger partial charge is 0.143 e. The zero-order valence-corrected chi connectivity index (χ0v) is 11.6. The van der Waals surface area contributed by atoms with Crippen LogP contribution in [0.15, 0.2) is 12.1 Å². The Morgan fingerprint density at radius 3 is 2.83 bits per heavy atom. The molecule has 0 spiro atoms. The molecule has 0 unspecified atom stereocenters. The van der Waals surface area contributed by atoms with E-state index in [-0.39, 0.29) is 5.54 Å². The second kappa shape index (κ2) is 3.90. The molecule has 0 saturated carbocycles. The topological polar surface area (TPSA) is 37.0 Å². The van der Waals surface area contributed by atoms with E-state index in [9.17, 15) is 0 Å². The summed E-state index contributed by atoms with van der Waals surface area (Å²) in [6, 6.07) is 3.82. The summed E-state index contributed by atoms with van der Waals surface area (Å²) in [7, 11) is 1.69. The first-order chi connectivity index (χ1) is 8.54. The highest BCUT2D eigenvalue weighted by molar-refractivity contribution is 6.36. The van der Waals surface area contributed by atoms with Crippen LogP contribution >= 0.6 is 11.6 Å². The van der Waals surface area contributed by atoms with Crippen LogP contribution in [-0.2, 0) is 12.0 Å². The fourth-order valence-corrected chi connectivity index (χ4v) is 3.12. The van der Waals surface area contributed by atoms with Crippen molar-refractivity contribution in [3.8, 4) is 5.75 Å². The van der Waals surface area contributed by atoms with Crippen LogP contribution in [0, 0.1) is 0 Å². The molecule has 18 heavy (non-hydrogen) atoms. The van der Waals surface area contributed by atoms with Crippen LogP contribution in [0.25, 0.3) is 10.9 Å². The summed E-state index contributed by atoms with van der Waals surface area (Å²) in [5.74, 6) is 0.847. The summed E-state index contributed by atoms with van der Waals surface area (Å²) < 4.78 is 5.42. The van der Waals surface area contributed by atoms with E-state index >= 15 is 0 Å². The van der Waals surface area contributed by atoms with E-state index in [1.165, 1.54) is 11.3 Å². The van der Waals surface area contributed by atoms with Gasteiger partial charge in [0.25, 0.3) is 0 Å². The monoisotopic (exact) mass is 264 g/mol. The molecule has 0 saturated heterocycles. The lowest BCUT2D eigenvalue weighted by Gasteiger charge is -2.31. The Kier molecular flexibility index (Phi) is 2.57. The highest BCUT2D eigenvalue weighted by atomic mass is 35.5. The summed E-state index contributed by atoms with van der Waals surface area (Å²) in [5, 5.41) is 5.42. The molecular weight excluding hydrogens is 248 g/mol. The zero-order chi connectivity index (χ0) is 12.9. The number of hydrogen-bond acceptors (Lipinski definition) is 2. The summed E-state index contributed by atoms with van der Waals surface area (Å²) in [4.78, 5) is 3.49. The van der Waals surface area contributed by atoms with Gasteiger partial charge in [0.1, 0.15) is 5.75 Å². The minimum atomic E-state index is -0.0546. The van der Waals surface area contributed by atoms with E-state index in [0.29, 0.717) is 0 Å². The lowest BCUT2D eigenvalue weighted by Crippen LogP contribution is -2.42. The van der Waals surface area contributed by atoms with Crippen molar-refractivity contribution < 1.29 is 4.74 Å². The summed E-state index contributed by atoms with van der Waals surface area (Å²) in [5.41, 5.74) is 3.49. The summed E-state index contributed by atoms with van der Waals surface area (Å²) in [6.45, 7) is 5.34. The Balaban J connectivity index is 2.39. The Morgan fingerprint density at radius 2 is 2.11 bits per heavy atom. The molecule has 1 aliphatic rings. The van der Waals surface area contributed by atoms with Gasteiger partial charge in [0.05, 0.1) is 23.2 Å². The van der Waals surface area contributed by atoms with Gasteiger partial charge in [-0.3, -0.25) is 0 Å². The standard InChI is InChI=1S/C14H17ClN2O/c1-14(2)13-8(6-7-16-14)11-9(15)4-5-10(18-3)12(11)17-13/h4-5,16-17H,6-7H2,1-3H3. The van der Waals surface area contributed by atoms with Crippen molar-refractivity contribution in [1.29, 1.82) is 0 Å². The minimum Gasteiger partial charge on any atom is -0.495 e. The lowest BCUT2D eigenvalue weighted by atomic mass is 9.90. The first kappa shape index (κ1) is 11.9. The van der Waals surface area contributed by atoms with E-state index in [1.807, 2.05) is 12.1 Å². The van der Waals surface area contributed by atoms with Crippen LogP contribution in [0.3, 0.4) is 0 Å². The number of H-pyrrole nitrogens is 1. The second-order valence-corrected chi connectivity index (χ2v) is 5.69. The Bertz CT molecular complexity index is 616. The molecule has 0 bridgehead atoms. The molecule has 2 heterocycles. The Labute approximate surface area is 111 Å². The van der Waals surface area contributed by atoms with E-state index in [1.54, 1.807) is 7.11 Å². The molecule has 1 aromatic heterocycles. The number of aromatic nitrogens is 1. The van der Waals surface area contributed by atoms with Gasteiger partial charge in [-0.2, -0.15) is 0 Å². The molecule has 0 fully saturated rings. The maximum absolute atomic E-state index is 6.36. The van der Waals surface area contributed by atoms with Gasteiger partial charge in [-0.25, -0.2) is 0 Å². The van der Waals surface area contributed by atoms with Crippen molar-refractivity contribution in [2.45, 2.75) is 25.8 Å². The first-order valence-electron chi connectivity index (χ1n) is 6.17. The fraction of sp³-hybridized carbons (Fsp3) is 0.429. The van der Waals surface area contributed by atoms with E-state index in [2.05, 4.69) is 24.1 Å². The molecule has 1 aliphatic heterocycles. The fourth-order valence-electron chi connectivity index (χ4n) is 2.84. The van der Waals surface area contributed by atoms with Crippen molar-refractivity contribution in [2.75, 3.05) is 13.7 Å². The minimum absolute atomic E-state index is 0.0546. The largest absolute Gasteiger partial charge is 0.495 e. The third-order valence-corrected chi connectivity index (χ3v) is 4.07. The van der Waals surface area contributed by atoms with Gasteiger partial charge in [0.2, 0.25) is 0 Å². The van der Waals surface area contributed by atoms with Crippen molar-refractivity contribution >= 4 is 22.5 Å². The number of rotatable bonds is 1. The number of methoxy groups -OCH3 is 1. The number of aromatic amines is 1. The molecular formula is C14H17ClN2O. The second-order valence-electron chi connectivity index (χ2n) is 5.28. The lowest BCUT2D eigenvalue weighted by molar-refractivity contribution is 0.374. The molecule has 1 aromatic carbocycles. The molecule has 0 amide bonds. The molecule has 0 aliphatic carbocycles. The van der Waals surface area contributed by atoms with Gasteiger partial charge in [0, 0.05) is 17.6 Å². The predicted molar refractivity (Wildman–Crippen MR) is 74.6 cm³/mol.